The number of nitrogens with two attached hydrogens (primary N) is 1. The van der Waals surface area contributed by atoms with Gasteiger partial charge in [0.05, 0.1) is 6.04 Å². The Morgan fingerprint density at radius 2 is 1.67 bits per heavy atom. The molecule has 0 aromatic heterocycles. The van der Waals surface area contributed by atoms with Crippen LogP contribution >= 0.6 is 0 Å². The molecule has 18 heavy (non-hydrogen) atoms. The van der Waals surface area contributed by atoms with Crippen molar-refractivity contribution in [3.8, 4) is 0 Å². The number of halogens is 2. The first-order valence-electron chi connectivity index (χ1n) is 5.65. The van der Waals surface area contributed by atoms with E-state index in [1.165, 1.54) is 18.2 Å². The summed E-state index contributed by atoms with van der Waals surface area (Å²) in [5, 5.41) is 0. The van der Waals surface area contributed by atoms with Gasteiger partial charge in [-0.2, -0.15) is 0 Å². The Labute approximate surface area is 104 Å². The Balaban J connectivity index is 2.20. The lowest BCUT2D eigenvalue weighted by molar-refractivity contribution is 0.527. The highest BCUT2D eigenvalue weighted by Crippen LogP contribution is 2.19. The minimum Gasteiger partial charge on any atom is -0.271 e. The number of nitrogens with one attached hydrogen (secondary N) is 1. The van der Waals surface area contributed by atoms with E-state index in [-0.39, 0.29) is 17.7 Å². The average Bonchev–Trinajstić information content (AvgIpc) is 2.39. The van der Waals surface area contributed by atoms with Crippen LogP contribution in [0.4, 0.5) is 8.78 Å². The topological polar surface area (TPSA) is 38.0 Å². The van der Waals surface area contributed by atoms with Crippen LogP contribution in [0.2, 0.25) is 0 Å². The van der Waals surface area contributed by atoms with Gasteiger partial charge in [0.1, 0.15) is 11.6 Å². The number of hydrogen-bond acceptors (Lipinski definition) is 2. The smallest absolute Gasteiger partial charge is 0.126 e. The quantitative estimate of drug-likeness (QED) is 0.645. The molecule has 94 valence electrons. The maximum atomic E-state index is 13.5. The molecule has 3 N–H and O–H groups in total. The van der Waals surface area contributed by atoms with Gasteiger partial charge in [-0.1, -0.05) is 30.3 Å². The molecule has 1 unspecified atom stereocenters. The lowest BCUT2D eigenvalue weighted by atomic mass is 9.99. The van der Waals surface area contributed by atoms with E-state index in [0.717, 1.165) is 5.56 Å². The second-order valence-corrected chi connectivity index (χ2v) is 4.07. The molecule has 1 atom stereocenters. The molecule has 0 saturated heterocycles. The van der Waals surface area contributed by atoms with Gasteiger partial charge in [0.15, 0.2) is 0 Å². The van der Waals surface area contributed by atoms with E-state index in [1.807, 2.05) is 0 Å². The summed E-state index contributed by atoms with van der Waals surface area (Å²) in [5.74, 6) is 4.91. The third kappa shape index (κ3) is 2.91. The van der Waals surface area contributed by atoms with Gasteiger partial charge in [-0.3, -0.25) is 11.3 Å². The van der Waals surface area contributed by atoms with Crippen molar-refractivity contribution in [3.63, 3.8) is 0 Å². The van der Waals surface area contributed by atoms with Crippen LogP contribution in [0, 0.1) is 11.6 Å². The van der Waals surface area contributed by atoms with Crippen LogP contribution < -0.4 is 11.3 Å². The highest BCUT2D eigenvalue weighted by Gasteiger charge is 2.12. The summed E-state index contributed by atoms with van der Waals surface area (Å²) in [6, 6.07) is 12.3. The van der Waals surface area contributed by atoms with Crippen LogP contribution in [-0.2, 0) is 6.42 Å². The summed E-state index contributed by atoms with van der Waals surface area (Å²) in [6.07, 6.45) is 0.412. The van der Waals surface area contributed by atoms with Gasteiger partial charge in [-0.05, 0) is 35.7 Å². The maximum absolute atomic E-state index is 13.5. The molecule has 0 saturated carbocycles. The van der Waals surface area contributed by atoms with Crippen LogP contribution in [0.25, 0.3) is 0 Å². The molecule has 0 radical (unpaired) electrons. The third-order valence-electron chi connectivity index (χ3n) is 2.86. The SMILES string of the molecule is NNC(Cc1ccccc1F)c1ccc(F)cc1. The van der Waals surface area contributed by atoms with Gasteiger partial charge in [-0.25, -0.2) is 8.78 Å². The normalized spacial score (nSPS) is 12.4. The molecule has 2 aromatic rings. The summed E-state index contributed by atoms with van der Waals surface area (Å²) in [5.41, 5.74) is 4.02. The highest BCUT2D eigenvalue weighted by atomic mass is 19.1. The number of rotatable bonds is 4. The Morgan fingerprint density at radius 3 is 2.28 bits per heavy atom. The van der Waals surface area contributed by atoms with Crippen molar-refractivity contribution in [1.29, 1.82) is 0 Å². The fourth-order valence-electron chi connectivity index (χ4n) is 1.85. The lowest BCUT2D eigenvalue weighted by Crippen LogP contribution is -2.29. The second-order valence-electron chi connectivity index (χ2n) is 4.07. The molecule has 0 aliphatic rings. The Bertz CT molecular complexity index is 511. The van der Waals surface area contributed by atoms with E-state index in [9.17, 15) is 8.78 Å². The molecular formula is C14H14F2N2. The van der Waals surface area contributed by atoms with Gasteiger partial charge in [-0.15, -0.1) is 0 Å². The number of hydrazine groups is 1. The summed E-state index contributed by atoms with van der Waals surface area (Å²) >= 11 is 0. The summed E-state index contributed by atoms with van der Waals surface area (Å²) in [7, 11) is 0. The fraction of sp³-hybridized carbons (Fsp3) is 0.143. The predicted molar refractivity (Wildman–Crippen MR) is 66.6 cm³/mol. The molecule has 2 aromatic carbocycles. The van der Waals surface area contributed by atoms with Crippen molar-refractivity contribution in [2.75, 3.05) is 0 Å². The van der Waals surface area contributed by atoms with Crippen molar-refractivity contribution >= 4 is 0 Å². The lowest BCUT2D eigenvalue weighted by Gasteiger charge is -2.16. The fourth-order valence-corrected chi connectivity index (χ4v) is 1.85. The first-order chi connectivity index (χ1) is 8.70. The monoisotopic (exact) mass is 248 g/mol. The second kappa shape index (κ2) is 5.71. The Kier molecular flexibility index (Phi) is 4.02. The van der Waals surface area contributed by atoms with Crippen molar-refractivity contribution < 1.29 is 8.78 Å². The average molecular weight is 248 g/mol. The van der Waals surface area contributed by atoms with Crippen LogP contribution in [0.3, 0.4) is 0 Å². The van der Waals surface area contributed by atoms with Crippen molar-refractivity contribution in [3.05, 3.63) is 71.3 Å². The number of benzene rings is 2. The van der Waals surface area contributed by atoms with E-state index in [0.29, 0.717) is 12.0 Å². The maximum Gasteiger partial charge on any atom is 0.126 e. The Hall–Kier alpha value is -1.78. The van der Waals surface area contributed by atoms with E-state index in [2.05, 4.69) is 5.43 Å². The summed E-state index contributed by atoms with van der Waals surface area (Å²) < 4.78 is 26.4. The molecule has 0 bridgehead atoms. The van der Waals surface area contributed by atoms with E-state index in [4.69, 9.17) is 5.84 Å². The van der Waals surface area contributed by atoms with Gasteiger partial charge >= 0.3 is 0 Å². The van der Waals surface area contributed by atoms with Gasteiger partial charge in [0.25, 0.3) is 0 Å². The van der Waals surface area contributed by atoms with Gasteiger partial charge in [0.2, 0.25) is 0 Å². The molecule has 2 nitrogen and oxygen atoms in total. The zero-order valence-electron chi connectivity index (χ0n) is 9.74. The van der Waals surface area contributed by atoms with Gasteiger partial charge < -0.3 is 0 Å². The number of hydrogen-bond donors (Lipinski definition) is 2. The van der Waals surface area contributed by atoms with Crippen molar-refractivity contribution in [2.45, 2.75) is 12.5 Å². The summed E-state index contributed by atoms with van der Waals surface area (Å²) in [6.45, 7) is 0. The van der Waals surface area contributed by atoms with Crippen LogP contribution in [0.1, 0.15) is 17.2 Å². The van der Waals surface area contributed by atoms with Crippen LogP contribution in [0.15, 0.2) is 48.5 Å². The zero-order chi connectivity index (χ0) is 13.0. The third-order valence-corrected chi connectivity index (χ3v) is 2.86. The van der Waals surface area contributed by atoms with Crippen molar-refractivity contribution in [2.24, 2.45) is 5.84 Å². The molecule has 0 fully saturated rings. The predicted octanol–water partition coefficient (Wildman–Crippen LogP) is 2.71. The standard InChI is InChI=1S/C14H14F2N2/c15-12-7-5-10(6-8-12)14(18-17)9-11-3-1-2-4-13(11)16/h1-8,14,18H,9,17H2. The Morgan fingerprint density at radius 1 is 1.00 bits per heavy atom. The zero-order valence-corrected chi connectivity index (χ0v) is 9.74. The molecule has 2 rings (SSSR count). The first-order valence-corrected chi connectivity index (χ1v) is 5.65. The van der Waals surface area contributed by atoms with Gasteiger partial charge in [0, 0.05) is 0 Å². The van der Waals surface area contributed by atoms with Crippen LogP contribution in [0.5, 0.6) is 0 Å². The minimum atomic E-state index is -0.305. The molecule has 4 heteroatoms. The largest absolute Gasteiger partial charge is 0.271 e. The van der Waals surface area contributed by atoms with E-state index < -0.39 is 0 Å². The first kappa shape index (κ1) is 12.7. The molecule has 0 heterocycles. The van der Waals surface area contributed by atoms with E-state index >= 15 is 0 Å². The molecular weight excluding hydrogens is 234 g/mol. The molecule has 0 spiro atoms. The molecule has 0 aliphatic heterocycles. The molecule has 0 amide bonds. The van der Waals surface area contributed by atoms with Crippen LogP contribution in [-0.4, -0.2) is 0 Å². The highest BCUT2D eigenvalue weighted by molar-refractivity contribution is 5.24. The molecule has 0 aliphatic carbocycles. The van der Waals surface area contributed by atoms with Crippen molar-refractivity contribution in [1.82, 2.24) is 5.43 Å². The van der Waals surface area contributed by atoms with E-state index in [1.54, 1.807) is 30.3 Å². The minimum absolute atomic E-state index is 0.248. The summed E-state index contributed by atoms with van der Waals surface area (Å²) in [4.78, 5) is 0.